The Morgan fingerprint density at radius 3 is 2.64 bits per heavy atom. The summed E-state index contributed by atoms with van der Waals surface area (Å²) < 4.78 is 0. The van der Waals surface area contributed by atoms with Gasteiger partial charge in [-0.15, -0.1) is 0 Å². The first kappa shape index (κ1) is 11.0. The smallest absolute Gasteiger partial charge is 0.304 e. The lowest BCUT2D eigenvalue weighted by Crippen LogP contribution is -2.37. The molecule has 0 radical (unpaired) electrons. The van der Waals surface area contributed by atoms with E-state index in [0.717, 1.165) is 13.0 Å². The third kappa shape index (κ3) is 2.45. The maximum absolute atomic E-state index is 11.1. The third-order valence-corrected chi connectivity index (χ3v) is 2.79. The Morgan fingerprint density at radius 1 is 1.57 bits per heavy atom. The standard InChI is InChI=1S/C9H16N2O3/c1-9(8(10)14)3-5-11(6-9)4-2-7(12)13/h2-6H2,1H3,(H2,10,14)(H,12,13). The summed E-state index contributed by atoms with van der Waals surface area (Å²) in [6.45, 7) is 3.66. The summed E-state index contributed by atoms with van der Waals surface area (Å²) in [5, 5.41) is 8.49. The van der Waals surface area contributed by atoms with Crippen LogP contribution >= 0.6 is 0 Å². The molecule has 1 fully saturated rings. The Bertz CT molecular complexity index is 254. The van der Waals surface area contributed by atoms with Crippen molar-refractivity contribution >= 4 is 11.9 Å². The average Bonchev–Trinajstić information content (AvgIpc) is 2.45. The number of hydrogen-bond acceptors (Lipinski definition) is 3. The summed E-state index contributed by atoms with van der Waals surface area (Å²) in [6, 6.07) is 0. The molecule has 0 aliphatic carbocycles. The largest absolute Gasteiger partial charge is 0.481 e. The fraction of sp³-hybridized carbons (Fsp3) is 0.778. The number of carbonyl (C=O) groups is 2. The molecule has 14 heavy (non-hydrogen) atoms. The first-order valence-corrected chi connectivity index (χ1v) is 4.68. The van der Waals surface area contributed by atoms with Gasteiger partial charge in [-0.25, -0.2) is 0 Å². The molecular weight excluding hydrogens is 184 g/mol. The average molecular weight is 200 g/mol. The van der Waals surface area contributed by atoms with Gasteiger partial charge in [0.05, 0.1) is 11.8 Å². The predicted octanol–water partition coefficient (Wildman–Crippen LogP) is -0.342. The number of amides is 1. The predicted molar refractivity (Wildman–Crippen MR) is 50.6 cm³/mol. The molecule has 1 rings (SSSR count). The summed E-state index contributed by atoms with van der Waals surface area (Å²) in [5.74, 6) is -1.10. The number of nitrogens with zero attached hydrogens (tertiary/aromatic N) is 1. The zero-order valence-corrected chi connectivity index (χ0v) is 8.32. The van der Waals surface area contributed by atoms with Gasteiger partial charge in [0.15, 0.2) is 0 Å². The molecule has 1 amide bonds. The van der Waals surface area contributed by atoms with Crippen molar-refractivity contribution in [3.05, 3.63) is 0 Å². The Hall–Kier alpha value is -1.10. The molecule has 5 nitrogen and oxygen atoms in total. The molecule has 0 saturated carbocycles. The quantitative estimate of drug-likeness (QED) is 0.650. The van der Waals surface area contributed by atoms with Crippen molar-refractivity contribution in [1.82, 2.24) is 4.90 Å². The van der Waals surface area contributed by atoms with Gasteiger partial charge >= 0.3 is 5.97 Å². The number of primary amides is 1. The number of rotatable bonds is 4. The summed E-state index contributed by atoms with van der Waals surface area (Å²) >= 11 is 0. The second kappa shape index (κ2) is 3.96. The molecule has 1 aliphatic rings. The highest BCUT2D eigenvalue weighted by Crippen LogP contribution is 2.29. The van der Waals surface area contributed by atoms with E-state index in [1.807, 2.05) is 11.8 Å². The van der Waals surface area contributed by atoms with E-state index < -0.39 is 11.4 Å². The summed E-state index contributed by atoms with van der Waals surface area (Å²) in [6.07, 6.45) is 0.844. The fourth-order valence-electron chi connectivity index (χ4n) is 1.70. The SMILES string of the molecule is CC1(C(N)=O)CCN(CCC(=O)O)C1. The molecule has 1 unspecified atom stereocenters. The fourth-order valence-corrected chi connectivity index (χ4v) is 1.70. The van der Waals surface area contributed by atoms with Gasteiger partial charge in [0.1, 0.15) is 0 Å². The molecule has 3 N–H and O–H groups in total. The van der Waals surface area contributed by atoms with Gasteiger partial charge in [0, 0.05) is 13.1 Å². The topological polar surface area (TPSA) is 83.6 Å². The Balaban J connectivity index is 2.41. The van der Waals surface area contributed by atoms with Crippen LogP contribution in [0.5, 0.6) is 0 Å². The Kier molecular flexibility index (Phi) is 3.10. The third-order valence-electron chi connectivity index (χ3n) is 2.79. The normalized spacial score (nSPS) is 27.8. The van der Waals surface area contributed by atoms with Gasteiger partial charge in [-0.2, -0.15) is 0 Å². The molecule has 1 atom stereocenters. The van der Waals surface area contributed by atoms with E-state index in [4.69, 9.17) is 10.8 Å². The molecule has 0 aromatic carbocycles. The second-order valence-electron chi connectivity index (χ2n) is 4.09. The van der Waals surface area contributed by atoms with E-state index in [1.165, 1.54) is 0 Å². The molecule has 1 heterocycles. The number of nitrogens with two attached hydrogens (primary N) is 1. The lowest BCUT2D eigenvalue weighted by atomic mass is 9.89. The van der Waals surface area contributed by atoms with Crippen LogP contribution in [0.1, 0.15) is 19.8 Å². The second-order valence-corrected chi connectivity index (χ2v) is 4.09. The van der Waals surface area contributed by atoms with Crippen LogP contribution in [-0.4, -0.2) is 41.5 Å². The van der Waals surface area contributed by atoms with E-state index in [0.29, 0.717) is 13.1 Å². The monoisotopic (exact) mass is 200 g/mol. The molecule has 5 heteroatoms. The highest BCUT2D eigenvalue weighted by atomic mass is 16.4. The zero-order valence-electron chi connectivity index (χ0n) is 8.32. The number of aliphatic carboxylic acids is 1. The van der Waals surface area contributed by atoms with Crippen LogP contribution in [0.3, 0.4) is 0 Å². The van der Waals surface area contributed by atoms with Crippen LogP contribution < -0.4 is 5.73 Å². The van der Waals surface area contributed by atoms with Gasteiger partial charge in [-0.05, 0) is 19.9 Å². The van der Waals surface area contributed by atoms with Crippen LogP contribution in [0.15, 0.2) is 0 Å². The van der Waals surface area contributed by atoms with Crippen molar-refractivity contribution in [2.75, 3.05) is 19.6 Å². The van der Waals surface area contributed by atoms with E-state index in [2.05, 4.69) is 0 Å². The Labute approximate surface area is 82.9 Å². The van der Waals surface area contributed by atoms with Gasteiger partial charge in [0.2, 0.25) is 5.91 Å². The van der Waals surface area contributed by atoms with Crippen LogP contribution in [0, 0.1) is 5.41 Å². The van der Waals surface area contributed by atoms with Crippen molar-refractivity contribution in [3.8, 4) is 0 Å². The lowest BCUT2D eigenvalue weighted by Gasteiger charge is -2.20. The zero-order chi connectivity index (χ0) is 10.8. The minimum absolute atomic E-state index is 0.120. The van der Waals surface area contributed by atoms with Gasteiger partial charge < -0.3 is 15.7 Å². The molecule has 1 aliphatic heterocycles. The molecule has 0 aromatic heterocycles. The molecule has 80 valence electrons. The van der Waals surface area contributed by atoms with Gasteiger partial charge in [-0.3, -0.25) is 9.59 Å². The first-order chi connectivity index (χ1) is 6.44. The van der Waals surface area contributed by atoms with Crippen LogP contribution in [0.4, 0.5) is 0 Å². The number of carboxylic acids is 1. The summed E-state index contributed by atoms with van der Waals surface area (Å²) in [4.78, 5) is 23.4. The van der Waals surface area contributed by atoms with Crippen LogP contribution in [0.25, 0.3) is 0 Å². The summed E-state index contributed by atoms with van der Waals surface area (Å²) in [5.41, 5.74) is 4.79. The van der Waals surface area contributed by atoms with E-state index in [9.17, 15) is 9.59 Å². The lowest BCUT2D eigenvalue weighted by molar-refractivity contribution is -0.137. The molecule has 0 aromatic rings. The molecular formula is C9H16N2O3. The highest BCUT2D eigenvalue weighted by Gasteiger charge is 2.38. The minimum Gasteiger partial charge on any atom is -0.481 e. The van der Waals surface area contributed by atoms with Crippen molar-refractivity contribution in [2.24, 2.45) is 11.1 Å². The van der Waals surface area contributed by atoms with E-state index in [-0.39, 0.29) is 12.3 Å². The van der Waals surface area contributed by atoms with Crippen LogP contribution in [-0.2, 0) is 9.59 Å². The number of carbonyl (C=O) groups excluding carboxylic acids is 1. The number of likely N-dealkylation sites (tertiary alicyclic amines) is 1. The molecule has 0 bridgehead atoms. The van der Waals surface area contributed by atoms with Crippen LogP contribution in [0.2, 0.25) is 0 Å². The number of carboxylic acid groups (broad SMARTS) is 1. The highest BCUT2D eigenvalue weighted by molar-refractivity contribution is 5.81. The molecule has 1 saturated heterocycles. The van der Waals surface area contributed by atoms with E-state index in [1.54, 1.807) is 0 Å². The first-order valence-electron chi connectivity index (χ1n) is 4.68. The maximum Gasteiger partial charge on any atom is 0.304 e. The van der Waals surface area contributed by atoms with Gasteiger partial charge in [-0.1, -0.05) is 0 Å². The van der Waals surface area contributed by atoms with Crippen molar-refractivity contribution in [3.63, 3.8) is 0 Å². The van der Waals surface area contributed by atoms with E-state index >= 15 is 0 Å². The minimum atomic E-state index is -0.808. The van der Waals surface area contributed by atoms with Crippen molar-refractivity contribution in [1.29, 1.82) is 0 Å². The maximum atomic E-state index is 11.1. The van der Waals surface area contributed by atoms with Crippen molar-refractivity contribution < 1.29 is 14.7 Å². The van der Waals surface area contributed by atoms with Crippen molar-refractivity contribution in [2.45, 2.75) is 19.8 Å². The van der Waals surface area contributed by atoms with Gasteiger partial charge in [0.25, 0.3) is 0 Å². The Morgan fingerprint density at radius 2 is 2.21 bits per heavy atom. The number of hydrogen-bond donors (Lipinski definition) is 2. The molecule has 0 spiro atoms. The summed E-state index contributed by atoms with van der Waals surface area (Å²) in [7, 11) is 0.